The Hall–Kier alpha value is -1.22. The number of carbonyl (C=O) groups excluding carboxylic acids is 1. The average Bonchev–Trinajstić information content (AvgIpc) is 2.18. The van der Waals surface area contributed by atoms with Crippen LogP contribution in [0.1, 0.15) is 30.2 Å². The lowest BCUT2D eigenvalue weighted by molar-refractivity contribution is -0.128. The highest BCUT2D eigenvalue weighted by Crippen LogP contribution is 2.27. The van der Waals surface area contributed by atoms with Crippen LogP contribution in [0.3, 0.4) is 0 Å². The lowest BCUT2D eigenvalue weighted by atomic mass is 10.00. The molecule has 0 aromatic carbocycles. The second-order valence-corrected chi connectivity index (χ2v) is 3.53. The molecule has 1 unspecified atom stereocenters. The molecule has 2 rings (SSSR count). The fraction of sp³-hybridized carbons (Fsp3) is 0.455. The summed E-state index contributed by atoms with van der Waals surface area (Å²) in [6, 6.07) is 3.86. The SMILES string of the molecule is Cc1ncccc1C1CC(=O)CCO1. The Bertz CT molecular complexity index is 349. The molecule has 0 N–H and O–H groups in total. The van der Waals surface area contributed by atoms with Gasteiger partial charge < -0.3 is 4.74 Å². The van der Waals surface area contributed by atoms with Gasteiger partial charge in [0.15, 0.2) is 0 Å². The molecule has 1 aromatic rings. The quantitative estimate of drug-likeness (QED) is 0.679. The Morgan fingerprint density at radius 3 is 3.14 bits per heavy atom. The van der Waals surface area contributed by atoms with E-state index in [1.54, 1.807) is 6.20 Å². The summed E-state index contributed by atoms with van der Waals surface area (Å²) in [6.07, 6.45) is 2.72. The minimum absolute atomic E-state index is 0.0788. The molecule has 74 valence electrons. The lowest BCUT2D eigenvalue weighted by Gasteiger charge is -2.22. The first kappa shape index (κ1) is 9.34. The molecule has 1 aliphatic rings. The number of carbonyl (C=O) groups is 1. The van der Waals surface area contributed by atoms with Crippen LogP contribution in [0.25, 0.3) is 0 Å². The van der Waals surface area contributed by atoms with E-state index < -0.39 is 0 Å². The van der Waals surface area contributed by atoms with Gasteiger partial charge in [0.1, 0.15) is 5.78 Å². The van der Waals surface area contributed by atoms with Crippen LogP contribution in [0.2, 0.25) is 0 Å². The van der Waals surface area contributed by atoms with E-state index in [9.17, 15) is 4.79 Å². The third kappa shape index (κ3) is 1.82. The maximum atomic E-state index is 11.3. The highest BCUT2D eigenvalue weighted by atomic mass is 16.5. The maximum Gasteiger partial charge on any atom is 0.138 e. The van der Waals surface area contributed by atoms with Gasteiger partial charge in [-0.05, 0) is 13.0 Å². The average molecular weight is 191 g/mol. The Labute approximate surface area is 83.1 Å². The molecular weight excluding hydrogens is 178 g/mol. The van der Waals surface area contributed by atoms with E-state index in [4.69, 9.17) is 4.74 Å². The van der Waals surface area contributed by atoms with Crippen molar-refractivity contribution in [2.75, 3.05) is 6.61 Å². The fourth-order valence-corrected chi connectivity index (χ4v) is 1.72. The molecule has 0 amide bonds. The van der Waals surface area contributed by atoms with Gasteiger partial charge in [0.05, 0.1) is 12.7 Å². The molecule has 0 saturated carbocycles. The van der Waals surface area contributed by atoms with Crippen molar-refractivity contribution in [3.63, 3.8) is 0 Å². The summed E-state index contributed by atoms with van der Waals surface area (Å²) in [5.74, 6) is 0.282. The number of pyridine rings is 1. The molecule has 1 saturated heterocycles. The predicted octanol–water partition coefficient (Wildman–Crippen LogP) is 1.81. The van der Waals surface area contributed by atoms with Crippen LogP contribution in [-0.4, -0.2) is 17.4 Å². The molecule has 1 aromatic heterocycles. The molecule has 1 fully saturated rings. The minimum Gasteiger partial charge on any atom is -0.373 e. The van der Waals surface area contributed by atoms with Crippen molar-refractivity contribution in [3.8, 4) is 0 Å². The second-order valence-electron chi connectivity index (χ2n) is 3.53. The number of rotatable bonds is 1. The number of aromatic nitrogens is 1. The van der Waals surface area contributed by atoms with E-state index in [0.717, 1.165) is 11.3 Å². The number of hydrogen-bond acceptors (Lipinski definition) is 3. The van der Waals surface area contributed by atoms with Crippen LogP contribution in [0.5, 0.6) is 0 Å². The highest BCUT2D eigenvalue weighted by molar-refractivity contribution is 5.79. The summed E-state index contributed by atoms with van der Waals surface area (Å²) in [5.41, 5.74) is 1.99. The van der Waals surface area contributed by atoms with Crippen molar-refractivity contribution in [2.45, 2.75) is 25.9 Å². The van der Waals surface area contributed by atoms with Gasteiger partial charge in [0, 0.05) is 30.3 Å². The standard InChI is InChI=1S/C11H13NO2/c1-8-10(3-2-5-12-8)11-7-9(13)4-6-14-11/h2-3,5,11H,4,6-7H2,1H3. The van der Waals surface area contributed by atoms with Crippen molar-refractivity contribution in [3.05, 3.63) is 29.6 Å². The molecule has 0 bridgehead atoms. The second kappa shape index (κ2) is 3.88. The fourth-order valence-electron chi connectivity index (χ4n) is 1.72. The van der Waals surface area contributed by atoms with E-state index >= 15 is 0 Å². The molecule has 0 radical (unpaired) electrons. The number of nitrogens with zero attached hydrogens (tertiary/aromatic N) is 1. The number of ether oxygens (including phenoxy) is 1. The largest absolute Gasteiger partial charge is 0.373 e. The van der Waals surface area contributed by atoms with Crippen LogP contribution in [0.4, 0.5) is 0 Å². The van der Waals surface area contributed by atoms with Crippen molar-refractivity contribution in [2.24, 2.45) is 0 Å². The van der Waals surface area contributed by atoms with Crippen LogP contribution in [-0.2, 0) is 9.53 Å². The first-order valence-corrected chi connectivity index (χ1v) is 4.82. The van der Waals surface area contributed by atoms with Gasteiger partial charge in [-0.15, -0.1) is 0 Å². The van der Waals surface area contributed by atoms with Crippen LogP contribution >= 0.6 is 0 Å². The summed E-state index contributed by atoms with van der Waals surface area (Å²) >= 11 is 0. The normalized spacial score (nSPS) is 22.4. The van der Waals surface area contributed by atoms with Gasteiger partial charge in [0.25, 0.3) is 0 Å². The van der Waals surface area contributed by atoms with E-state index in [-0.39, 0.29) is 11.9 Å². The minimum atomic E-state index is -0.0788. The Balaban J connectivity index is 2.22. The summed E-state index contributed by atoms with van der Waals surface area (Å²) in [5, 5.41) is 0. The zero-order valence-corrected chi connectivity index (χ0v) is 8.19. The summed E-state index contributed by atoms with van der Waals surface area (Å²) in [6.45, 7) is 2.48. The first-order valence-electron chi connectivity index (χ1n) is 4.82. The molecule has 2 heterocycles. The number of hydrogen-bond donors (Lipinski definition) is 0. The van der Waals surface area contributed by atoms with Gasteiger partial charge in [0.2, 0.25) is 0 Å². The first-order chi connectivity index (χ1) is 6.77. The summed E-state index contributed by atoms with van der Waals surface area (Å²) in [7, 11) is 0. The molecule has 1 aliphatic heterocycles. The van der Waals surface area contributed by atoms with Gasteiger partial charge in [-0.25, -0.2) is 0 Å². The number of ketones is 1. The van der Waals surface area contributed by atoms with E-state index in [1.807, 2.05) is 19.1 Å². The molecule has 3 nitrogen and oxygen atoms in total. The van der Waals surface area contributed by atoms with Crippen molar-refractivity contribution in [1.82, 2.24) is 4.98 Å². The molecule has 3 heteroatoms. The van der Waals surface area contributed by atoms with E-state index in [1.165, 1.54) is 0 Å². The van der Waals surface area contributed by atoms with Crippen LogP contribution in [0, 0.1) is 6.92 Å². The van der Waals surface area contributed by atoms with Crippen molar-refractivity contribution in [1.29, 1.82) is 0 Å². The van der Waals surface area contributed by atoms with E-state index in [0.29, 0.717) is 19.4 Å². The summed E-state index contributed by atoms with van der Waals surface area (Å²) < 4.78 is 5.55. The van der Waals surface area contributed by atoms with Crippen LogP contribution in [0.15, 0.2) is 18.3 Å². The topological polar surface area (TPSA) is 39.2 Å². The number of aryl methyl sites for hydroxylation is 1. The van der Waals surface area contributed by atoms with Gasteiger partial charge in [-0.1, -0.05) is 6.07 Å². The summed E-state index contributed by atoms with van der Waals surface area (Å²) in [4.78, 5) is 15.4. The van der Waals surface area contributed by atoms with E-state index in [2.05, 4.69) is 4.98 Å². The molecule has 14 heavy (non-hydrogen) atoms. The lowest BCUT2D eigenvalue weighted by Crippen LogP contribution is -2.20. The molecule has 0 aliphatic carbocycles. The Morgan fingerprint density at radius 2 is 2.43 bits per heavy atom. The van der Waals surface area contributed by atoms with Gasteiger partial charge in [-0.2, -0.15) is 0 Å². The maximum absolute atomic E-state index is 11.3. The van der Waals surface area contributed by atoms with Crippen molar-refractivity contribution < 1.29 is 9.53 Å². The van der Waals surface area contributed by atoms with Gasteiger partial charge in [-0.3, -0.25) is 9.78 Å². The number of Topliss-reactive ketones (excluding diaryl/α,β-unsaturated/α-hetero) is 1. The highest BCUT2D eigenvalue weighted by Gasteiger charge is 2.22. The third-order valence-corrected chi connectivity index (χ3v) is 2.51. The Kier molecular flexibility index (Phi) is 2.59. The molecule has 0 spiro atoms. The molecular formula is C11H13NO2. The Morgan fingerprint density at radius 1 is 1.57 bits per heavy atom. The molecule has 1 atom stereocenters. The van der Waals surface area contributed by atoms with Gasteiger partial charge >= 0.3 is 0 Å². The smallest absolute Gasteiger partial charge is 0.138 e. The monoisotopic (exact) mass is 191 g/mol. The van der Waals surface area contributed by atoms with Crippen molar-refractivity contribution >= 4 is 5.78 Å². The third-order valence-electron chi connectivity index (χ3n) is 2.51. The predicted molar refractivity (Wildman–Crippen MR) is 51.9 cm³/mol. The van der Waals surface area contributed by atoms with Crippen LogP contribution < -0.4 is 0 Å². The zero-order valence-electron chi connectivity index (χ0n) is 8.19. The zero-order chi connectivity index (χ0) is 9.97.